The predicted molar refractivity (Wildman–Crippen MR) is 146 cm³/mol. The molecule has 0 saturated heterocycles. The molecule has 0 radical (unpaired) electrons. The summed E-state index contributed by atoms with van der Waals surface area (Å²) in [5, 5.41) is 4.39. The van der Waals surface area contributed by atoms with E-state index in [-0.39, 0.29) is 25.0 Å². The molecular weight excluding hydrogens is 519 g/mol. The first-order valence-electron chi connectivity index (χ1n) is 11.8. The first kappa shape index (κ1) is 27.9. The maximum Gasteiger partial charge on any atom is 0.261 e. The molecule has 0 bridgehead atoms. The third-order valence-corrected chi connectivity index (χ3v) is 6.44. The molecule has 3 aromatic carbocycles. The van der Waals surface area contributed by atoms with Gasteiger partial charge in [0.05, 0.1) is 0 Å². The van der Waals surface area contributed by atoms with Crippen molar-refractivity contribution in [3.8, 4) is 5.75 Å². The number of nitrogens with one attached hydrogen (secondary N) is 1. The van der Waals surface area contributed by atoms with Gasteiger partial charge in [-0.2, -0.15) is 0 Å². The van der Waals surface area contributed by atoms with Gasteiger partial charge in [0.1, 0.15) is 11.8 Å². The number of halogens is 3. The first-order chi connectivity index (χ1) is 17.4. The fourth-order valence-electron chi connectivity index (χ4n) is 3.68. The van der Waals surface area contributed by atoms with E-state index in [0.717, 1.165) is 18.4 Å². The largest absolute Gasteiger partial charge is 0.484 e. The summed E-state index contributed by atoms with van der Waals surface area (Å²) < 4.78 is 5.73. The van der Waals surface area contributed by atoms with Crippen LogP contribution in [0.1, 0.15) is 30.9 Å². The molecule has 0 aliphatic rings. The van der Waals surface area contributed by atoms with Crippen LogP contribution in [0.4, 0.5) is 0 Å². The monoisotopic (exact) mass is 546 g/mol. The highest BCUT2D eigenvalue weighted by molar-refractivity contribution is 6.35. The van der Waals surface area contributed by atoms with Crippen molar-refractivity contribution < 1.29 is 14.3 Å². The number of unbranched alkanes of at least 4 members (excludes halogenated alkanes) is 1. The molecule has 1 N–H and O–H groups in total. The summed E-state index contributed by atoms with van der Waals surface area (Å²) in [4.78, 5) is 28.5. The van der Waals surface area contributed by atoms with Crippen LogP contribution >= 0.6 is 34.8 Å². The minimum Gasteiger partial charge on any atom is -0.484 e. The number of rotatable bonds is 12. The SMILES string of the molecule is CCCCNC(=O)[C@@H](Cc1ccccc1)N(Cc1ccc(Cl)cc1Cl)C(=O)COc1cccc(Cl)c1. The summed E-state index contributed by atoms with van der Waals surface area (Å²) in [6.07, 6.45) is 2.13. The topological polar surface area (TPSA) is 58.6 Å². The standard InChI is InChI=1S/C28H29Cl3N2O3/c1-2-3-14-32-28(35)26(15-20-8-5-4-6-9-20)33(18-21-12-13-23(30)17-25(21)31)27(34)19-36-24-11-7-10-22(29)16-24/h4-13,16-17,26H,2-3,14-15,18-19H2,1H3,(H,32,35)/t26-/m1/s1. The zero-order valence-electron chi connectivity index (χ0n) is 20.1. The number of carbonyl (C=O) groups is 2. The van der Waals surface area contributed by atoms with Gasteiger partial charge in [-0.25, -0.2) is 0 Å². The van der Waals surface area contributed by atoms with E-state index in [1.165, 1.54) is 4.90 Å². The zero-order chi connectivity index (χ0) is 25.9. The van der Waals surface area contributed by atoms with Gasteiger partial charge in [0.2, 0.25) is 5.91 Å². The second-order valence-corrected chi connectivity index (χ2v) is 9.63. The summed E-state index contributed by atoms with van der Waals surface area (Å²) in [7, 11) is 0. The highest BCUT2D eigenvalue weighted by Crippen LogP contribution is 2.24. The number of benzene rings is 3. The minimum absolute atomic E-state index is 0.117. The highest BCUT2D eigenvalue weighted by atomic mass is 35.5. The smallest absolute Gasteiger partial charge is 0.261 e. The Hall–Kier alpha value is -2.73. The van der Waals surface area contributed by atoms with Crippen LogP contribution in [0, 0.1) is 0 Å². The second-order valence-electron chi connectivity index (χ2n) is 8.35. The molecule has 0 aliphatic carbocycles. The molecule has 0 spiro atoms. The quantitative estimate of drug-likeness (QED) is 0.261. The minimum atomic E-state index is -0.772. The molecule has 0 saturated carbocycles. The predicted octanol–water partition coefficient (Wildman–Crippen LogP) is 6.58. The van der Waals surface area contributed by atoms with Gasteiger partial charge < -0.3 is 15.0 Å². The Labute approximate surface area is 227 Å². The molecule has 3 rings (SSSR count). The second kappa shape index (κ2) is 14.1. The molecule has 0 fully saturated rings. The molecule has 0 heterocycles. The van der Waals surface area contributed by atoms with Gasteiger partial charge in [-0.3, -0.25) is 9.59 Å². The van der Waals surface area contributed by atoms with Crippen LogP contribution < -0.4 is 10.1 Å². The lowest BCUT2D eigenvalue weighted by Gasteiger charge is -2.31. The van der Waals surface area contributed by atoms with E-state index < -0.39 is 6.04 Å². The van der Waals surface area contributed by atoms with E-state index in [4.69, 9.17) is 39.5 Å². The number of hydrogen-bond donors (Lipinski definition) is 1. The summed E-state index contributed by atoms with van der Waals surface area (Å²) >= 11 is 18.6. The normalized spacial score (nSPS) is 11.6. The molecule has 2 amide bonds. The summed E-state index contributed by atoms with van der Waals surface area (Å²) in [6.45, 7) is 2.44. The van der Waals surface area contributed by atoms with Gasteiger partial charge in [-0.1, -0.05) is 90.6 Å². The highest BCUT2D eigenvalue weighted by Gasteiger charge is 2.31. The number of carbonyl (C=O) groups excluding carboxylic acids is 2. The van der Waals surface area contributed by atoms with E-state index in [1.807, 2.05) is 30.3 Å². The Morgan fingerprint density at radius 2 is 1.69 bits per heavy atom. The fourth-order valence-corrected chi connectivity index (χ4v) is 4.33. The van der Waals surface area contributed by atoms with E-state index >= 15 is 0 Å². The molecule has 0 unspecified atom stereocenters. The van der Waals surface area contributed by atoms with E-state index in [9.17, 15) is 9.59 Å². The third-order valence-electron chi connectivity index (χ3n) is 5.61. The van der Waals surface area contributed by atoms with Gasteiger partial charge in [-0.05, 0) is 47.9 Å². The Morgan fingerprint density at radius 3 is 2.39 bits per heavy atom. The van der Waals surface area contributed by atoms with Crippen LogP contribution in [-0.2, 0) is 22.6 Å². The van der Waals surface area contributed by atoms with Gasteiger partial charge in [0.15, 0.2) is 6.61 Å². The lowest BCUT2D eigenvalue weighted by molar-refractivity contribution is -0.142. The molecule has 3 aromatic rings. The number of nitrogens with zero attached hydrogens (tertiary/aromatic N) is 1. The number of amides is 2. The molecule has 190 valence electrons. The van der Waals surface area contributed by atoms with Gasteiger partial charge in [0.25, 0.3) is 5.91 Å². The summed E-state index contributed by atoms with van der Waals surface area (Å²) in [5.41, 5.74) is 1.61. The molecule has 8 heteroatoms. The Kier molecular flexibility index (Phi) is 10.9. The summed E-state index contributed by atoms with van der Waals surface area (Å²) in [5.74, 6) is -0.117. The van der Waals surface area contributed by atoms with E-state index in [2.05, 4.69) is 12.2 Å². The Bertz CT molecular complexity index is 1160. The summed E-state index contributed by atoms with van der Waals surface area (Å²) in [6, 6.07) is 20.7. The molecule has 0 aliphatic heterocycles. The van der Waals surface area contributed by atoms with Gasteiger partial charge in [0, 0.05) is 34.6 Å². The molecule has 1 atom stereocenters. The van der Waals surface area contributed by atoms with Gasteiger partial charge in [-0.15, -0.1) is 0 Å². The van der Waals surface area contributed by atoms with E-state index in [0.29, 0.717) is 39.3 Å². The van der Waals surface area contributed by atoms with Crippen LogP contribution in [0.2, 0.25) is 15.1 Å². The Morgan fingerprint density at radius 1 is 0.944 bits per heavy atom. The van der Waals surface area contributed by atoms with Crippen molar-refractivity contribution in [3.05, 3.63) is 99.0 Å². The Balaban J connectivity index is 1.91. The number of ether oxygens (including phenoxy) is 1. The fraction of sp³-hybridized carbons (Fsp3) is 0.286. The van der Waals surface area contributed by atoms with Crippen molar-refractivity contribution in [2.75, 3.05) is 13.2 Å². The van der Waals surface area contributed by atoms with Crippen LogP contribution in [0.15, 0.2) is 72.8 Å². The van der Waals surface area contributed by atoms with Crippen molar-refractivity contribution >= 4 is 46.6 Å². The van der Waals surface area contributed by atoms with Crippen molar-refractivity contribution in [1.29, 1.82) is 0 Å². The average Bonchev–Trinajstić information content (AvgIpc) is 2.86. The molecule has 36 heavy (non-hydrogen) atoms. The van der Waals surface area contributed by atoms with Gasteiger partial charge >= 0.3 is 0 Å². The van der Waals surface area contributed by atoms with Crippen LogP contribution in [0.25, 0.3) is 0 Å². The van der Waals surface area contributed by atoms with Crippen LogP contribution in [0.3, 0.4) is 0 Å². The van der Waals surface area contributed by atoms with Crippen LogP contribution in [-0.4, -0.2) is 35.9 Å². The molecular formula is C28H29Cl3N2O3. The number of hydrogen-bond acceptors (Lipinski definition) is 3. The van der Waals surface area contributed by atoms with Crippen molar-refractivity contribution in [2.45, 2.75) is 38.8 Å². The molecule has 0 aromatic heterocycles. The lowest BCUT2D eigenvalue weighted by atomic mass is 10.0. The van der Waals surface area contributed by atoms with Crippen molar-refractivity contribution in [1.82, 2.24) is 10.2 Å². The van der Waals surface area contributed by atoms with Crippen LogP contribution in [0.5, 0.6) is 5.75 Å². The maximum atomic E-state index is 13.6. The van der Waals surface area contributed by atoms with Crippen molar-refractivity contribution in [2.24, 2.45) is 0 Å². The zero-order valence-corrected chi connectivity index (χ0v) is 22.3. The maximum absolute atomic E-state index is 13.6. The average molecular weight is 548 g/mol. The first-order valence-corrected chi connectivity index (χ1v) is 12.9. The molecule has 5 nitrogen and oxygen atoms in total. The third kappa shape index (κ3) is 8.44. The van der Waals surface area contributed by atoms with Crippen molar-refractivity contribution in [3.63, 3.8) is 0 Å². The lowest BCUT2D eigenvalue weighted by Crippen LogP contribution is -2.51. The van der Waals surface area contributed by atoms with E-state index in [1.54, 1.807) is 42.5 Å².